The van der Waals surface area contributed by atoms with Gasteiger partial charge in [-0.05, 0) is 5.56 Å². The number of hydrogen-bond acceptors (Lipinski definition) is 5. The zero-order chi connectivity index (χ0) is 13.1. The molecule has 1 saturated heterocycles. The molecule has 1 aliphatic heterocycles. The quantitative estimate of drug-likeness (QED) is 0.803. The summed E-state index contributed by atoms with van der Waals surface area (Å²) in [5.41, 5.74) is 0.977. The van der Waals surface area contributed by atoms with Gasteiger partial charge in [0.25, 0.3) is 0 Å². The minimum atomic E-state index is -0.372. The lowest BCUT2D eigenvalue weighted by Crippen LogP contribution is -2.08. The van der Waals surface area contributed by atoms with E-state index in [2.05, 4.69) is 10.1 Å². The first-order valence-electron chi connectivity index (χ1n) is 6.06. The van der Waals surface area contributed by atoms with Crippen molar-refractivity contribution in [2.75, 3.05) is 17.3 Å². The van der Waals surface area contributed by atoms with Crippen LogP contribution in [0.3, 0.4) is 0 Å². The summed E-state index contributed by atoms with van der Waals surface area (Å²) in [7, 11) is 0. The van der Waals surface area contributed by atoms with Crippen LogP contribution in [0.25, 0.3) is 0 Å². The Balaban J connectivity index is 1.77. The minimum Gasteiger partial charge on any atom is -0.337 e. The summed E-state index contributed by atoms with van der Waals surface area (Å²) in [6, 6.07) is 9.80. The Morgan fingerprint density at radius 2 is 2.11 bits per heavy atom. The summed E-state index contributed by atoms with van der Waals surface area (Å²) in [5.74, 6) is 4.64. The molecule has 2 unspecified atom stereocenters. The second-order valence-corrected chi connectivity index (χ2v) is 7.10. The molecule has 0 amide bonds. The van der Waals surface area contributed by atoms with Gasteiger partial charge >= 0.3 is 0 Å². The number of thioether (sulfide) groups is 2. The number of nitrogens with zero attached hydrogens (tertiary/aromatic N) is 2. The molecule has 2 heterocycles. The number of hydrogen-bond donors (Lipinski definition) is 0. The highest BCUT2D eigenvalue weighted by molar-refractivity contribution is 8.06. The van der Waals surface area contributed by atoms with Crippen LogP contribution in [-0.4, -0.2) is 27.4 Å². The van der Waals surface area contributed by atoms with Crippen molar-refractivity contribution >= 4 is 35.1 Å². The number of aromatic nitrogens is 2. The Bertz CT molecular complexity index is 528. The van der Waals surface area contributed by atoms with Gasteiger partial charge in [-0.1, -0.05) is 35.5 Å². The van der Waals surface area contributed by atoms with Gasteiger partial charge in [-0.3, -0.25) is 0 Å². The van der Waals surface area contributed by atoms with E-state index in [1.165, 1.54) is 5.75 Å². The van der Waals surface area contributed by atoms with Gasteiger partial charge in [0.15, 0.2) is 5.82 Å². The highest BCUT2D eigenvalue weighted by Gasteiger charge is 2.24. The fourth-order valence-corrected chi connectivity index (χ4v) is 4.71. The summed E-state index contributed by atoms with van der Waals surface area (Å²) in [6.45, 7) is 0. The topological polar surface area (TPSA) is 38.9 Å². The van der Waals surface area contributed by atoms with E-state index in [1.807, 2.05) is 53.9 Å². The summed E-state index contributed by atoms with van der Waals surface area (Å²) in [5, 5.41) is 4.04. The van der Waals surface area contributed by atoms with Gasteiger partial charge in [0.05, 0.1) is 5.25 Å². The molecule has 1 aromatic carbocycles. The molecule has 0 N–H and O–H groups in total. The number of benzene rings is 1. The molecule has 3 nitrogen and oxygen atoms in total. The highest BCUT2D eigenvalue weighted by Crippen LogP contribution is 2.36. The molecular formula is C13H13ClN2OS2. The maximum absolute atomic E-state index is 6.38. The van der Waals surface area contributed by atoms with Gasteiger partial charge in [-0.2, -0.15) is 16.7 Å². The highest BCUT2D eigenvalue weighted by atomic mass is 35.5. The van der Waals surface area contributed by atoms with Crippen molar-refractivity contribution in [1.29, 1.82) is 0 Å². The smallest absolute Gasteiger partial charge is 0.249 e. The van der Waals surface area contributed by atoms with Crippen LogP contribution >= 0.6 is 35.1 Å². The van der Waals surface area contributed by atoms with Crippen molar-refractivity contribution in [3.63, 3.8) is 0 Å². The molecule has 0 aliphatic carbocycles. The predicted molar refractivity (Wildman–Crippen MR) is 81.0 cm³/mol. The molecular weight excluding hydrogens is 300 g/mol. The first-order chi connectivity index (χ1) is 9.34. The van der Waals surface area contributed by atoms with Crippen LogP contribution in [0, 0.1) is 0 Å². The Labute approximate surface area is 125 Å². The van der Waals surface area contributed by atoms with Gasteiger partial charge in [-0.15, -0.1) is 23.4 Å². The summed E-state index contributed by atoms with van der Waals surface area (Å²) in [4.78, 5) is 4.47. The van der Waals surface area contributed by atoms with Gasteiger partial charge in [0.1, 0.15) is 5.38 Å². The molecule has 19 heavy (non-hydrogen) atoms. The lowest BCUT2D eigenvalue weighted by atomic mass is 10.1. The van der Waals surface area contributed by atoms with Crippen molar-refractivity contribution in [2.24, 2.45) is 0 Å². The first-order valence-corrected chi connectivity index (χ1v) is 8.70. The molecule has 2 aromatic rings. The average Bonchev–Trinajstić information content (AvgIpc) is 2.98. The Morgan fingerprint density at radius 1 is 1.26 bits per heavy atom. The van der Waals surface area contributed by atoms with E-state index in [4.69, 9.17) is 16.1 Å². The Hall–Kier alpha value is -0.650. The van der Waals surface area contributed by atoms with Crippen molar-refractivity contribution in [3.05, 3.63) is 47.6 Å². The van der Waals surface area contributed by atoms with Crippen molar-refractivity contribution in [2.45, 2.75) is 10.6 Å². The first kappa shape index (κ1) is 13.3. The van der Waals surface area contributed by atoms with Crippen LogP contribution in [0.15, 0.2) is 34.9 Å². The van der Waals surface area contributed by atoms with E-state index in [1.54, 1.807) is 0 Å². The molecule has 0 bridgehead atoms. The van der Waals surface area contributed by atoms with Crippen molar-refractivity contribution < 1.29 is 4.52 Å². The van der Waals surface area contributed by atoms with E-state index in [-0.39, 0.29) is 5.38 Å². The maximum Gasteiger partial charge on any atom is 0.249 e. The van der Waals surface area contributed by atoms with Crippen LogP contribution in [0.1, 0.15) is 27.9 Å². The van der Waals surface area contributed by atoms with E-state index in [9.17, 15) is 0 Å². The minimum absolute atomic E-state index is 0.330. The third kappa shape index (κ3) is 3.09. The zero-order valence-electron chi connectivity index (χ0n) is 10.2. The fraction of sp³-hybridized carbons (Fsp3) is 0.385. The molecule has 1 fully saturated rings. The molecule has 2 atom stereocenters. The third-order valence-corrected chi connectivity index (χ3v) is 6.06. The average molecular weight is 313 g/mol. The maximum atomic E-state index is 6.38. The number of rotatable bonds is 3. The van der Waals surface area contributed by atoms with E-state index in [0.717, 1.165) is 22.9 Å². The van der Waals surface area contributed by atoms with Crippen LogP contribution in [-0.2, 0) is 0 Å². The zero-order valence-corrected chi connectivity index (χ0v) is 12.5. The lowest BCUT2D eigenvalue weighted by Gasteiger charge is -2.17. The van der Waals surface area contributed by atoms with Crippen LogP contribution in [0.5, 0.6) is 0 Å². The van der Waals surface area contributed by atoms with Crippen LogP contribution in [0.2, 0.25) is 0 Å². The molecule has 6 heteroatoms. The predicted octanol–water partition coefficient (Wildman–Crippen LogP) is 3.92. The van der Waals surface area contributed by atoms with Gasteiger partial charge < -0.3 is 4.52 Å². The normalized spacial score (nSPS) is 21.2. The SMILES string of the molecule is ClC(c1ccccc1)c1nc(C2CSCCS2)no1. The van der Waals surface area contributed by atoms with Gasteiger partial charge in [-0.25, -0.2) is 0 Å². The van der Waals surface area contributed by atoms with Gasteiger partial charge in [0.2, 0.25) is 5.89 Å². The molecule has 1 aromatic heterocycles. The second-order valence-electron chi connectivity index (χ2n) is 4.20. The lowest BCUT2D eigenvalue weighted by molar-refractivity contribution is 0.377. The molecule has 100 valence electrons. The van der Waals surface area contributed by atoms with E-state index < -0.39 is 0 Å². The van der Waals surface area contributed by atoms with E-state index in [0.29, 0.717) is 11.1 Å². The third-order valence-electron chi connectivity index (χ3n) is 2.87. The van der Waals surface area contributed by atoms with Crippen LogP contribution < -0.4 is 0 Å². The summed E-state index contributed by atoms with van der Waals surface area (Å²) in [6.07, 6.45) is 0. The summed E-state index contributed by atoms with van der Waals surface area (Å²) >= 11 is 10.2. The molecule has 0 saturated carbocycles. The molecule has 3 rings (SSSR count). The van der Waals surface area contributed by atoms with Crippen LogP contribution in [0.4, 0.5) is 0 Å². The second kappa shape index (κ2) is 6.20. The Kier molecular flexibility index (Phi) is 4.35. The Morgan fingerprint density at radius 3 is 2.84 bits per heavy atom. The molecule has 0 radical (unpaired) electrons. The van der Waals surface area contributed by atoms with Gasteiger partial charge in [0, 0.05) is 17.3 Å². The molecule has 0 spiro atoms. The largest absolute Gasteiger partial charge is 0.337 e. The number of halogens is 1. The van der Waals surface area contributed by atoms with Crippen molar-refractivity contribution in [1.82, 2.24) is 10.1 Å². The summed E-state index contributed by atoms with van der Waals surface area (Å²) < 4.78 is 5.32. The van der Waals surface area contributed by atoms with Crippen molar-refractivity contribution in [3.8, 4) is 0 Å². The fourth-order valence-electron chi connectivity index (χ4n) is 1.88. The monoisotopic (exact) mass is 312 g/mol. The van der Waals surface area contributed by atoms with E-state index >= 15 is 0 Å². The standard InChI is InChI=1S/C13H13ClN2OS2/c14-11(9-4-2-1-3-5-9)13-15-12(16-17-13)10-8-18-6-7-19-10/h1-5,10-11H,6-8H2. The number of alkyl halides is 1. The molecule has 1 aliphatic rings.